The zero-order chi connectivity index (χ0) is 16.5. The van der Waals surface area contributed by atoms with Crippen LogP contribution in [0.15, 0.2) is 12.3 Å². The molecular weight excluding hydrogens is 328 g/mol. The number of carbonyl (C=O) groups is 1. The number of aromatic nitrogens is 1. The summed E-state index contributed by atoms with van der Waals surface area (Å²) in [6, 6.07) is 1.50. The smallest absolute Gasteiger partial charge is 0.255 e. The van der Waals surface area contributed by atoms with Crippen LogP contribution in [0.1, 0.15) is 31.1 Å². The first-order valence-corrected chi connectivity index (χ1v) is 9.17. The minimum atomic E-state index is -3.09. The summed E-state index contributed by atoms with van der Waals surface area (Å²) in [6.07, 6.45) is 1.33. The van der Waals surface area contributed by atoms with E-state index in [0.29, 0.717) is 5.56 Å². The van der Waals surface area contributed by atoms with E-state index in [9.17, 15) is 13.2 Å². The number of amides is 1. The highest BCUT2D eigenvalue weighted by molar-refractivity contribution is 7.92. The first kappa shape index (κ1) is 17.0. The summed E-state index contributed by atoms with van der Waals surface area (Å²) in [5, 5.41) is -0.203. The van der Waals surface area contributed by atoms with Gasteiger partial charge >= 0.3 is 0 Å². The van der Waals surface area contributed by atoms with E-state index in [1.807, 2.05) is 13.8 Å². The predicted molar refractivity (Wildman–Crippen MR) is 84.2 cm³/mol. The van der Waals surface area contributed by atoms with Crippen LogP contribution in [0.5, 0.6) is 5.88 Å². The molecular formula is C14H19ClN2O4S. The zero-order valence-electron chi connectivity index (χ0n) is 12.7. The molecule has 0 unspecified atom stereocenters. The van der Waals surface area contributed by atoms with Crippen molar-refractivity contribution >= 4 is 27.3 Å². The van der Waals surface area contributed by atoms with E-state index >= 15 is 0 Å². The topological polar surface area (TPSA) is 76.6 Å². The number of ether oxygens (including phenoxy) is 1. The van der Waals surface area contributed by atoms with Crippen molar-refractivity contribution in [3.63, 3.8) is 0 Å². The van der Waals surface area contributed by atoms with Crippen LogP contribution < -0.4 is 4.74 Å². The first-order valence-electron chi connectivity index (χ1n) is 7.07. The van der Waals surface area contributed by atoms with E-state index in [1.54, 1.807) is 6.92 Å². The quantitative estimate of drug-likeness (QED) is 0.812. The molecule has 0 N–H and O–H groups in total. The lowest BCUT2D eigenvalue weighted by atomic mass is 10.1. The fraction of sp³-hybridized carbons (Fsp3) is 0.571. The molecule has 1 aromatic rings. The highest BCUT2D eigenvalue weighted by atomic mass is 35.5. The van der Waals surface area contributed by atoms with Gasteiger partial charge in [-0.1, -0.05) is 18.5 Å². The Morgan fingerprint density at radius 3 is 2.64 bits per heavy atom. The predicted octanol–water partition coefficient (Wildman–Crippen LogP) is 1.78. The second-order valence-electron chi connectivity index (χ2n) is 5.46. The van der Waals surface area contributed by atoms with Crippen LogP contribution >= 0.6 is 11.6 Å². The van der Waals surface area contributed by atoms with E-state index in [1.165, 1.54) is 17.2 Å². The van der Waals surface area contributed by atoms with E-state index < -0.39 is 15.1 Å². The van der Waals surface area contributed by atoms with Crippen molar-refractivity contribution in [2.75, 3.05) is 18.8 Å². The van der Waals surface area contributed by atoms with Crippen LogP contribution in [0.25, 0.3) is 0 Å². The molecule has 0 atom stereocenters. The number of carbonyl (C=O) groups excluding carboxylic acids is 1. The molecule has 2 heterocycles. The maximum absolute atomic E-state index is 12.3. The van der Waals surface area contributed by atoms with E-state index in [0.717, 1.165) is 0 Å². The van der Waals surface area contributed by atoms with Gasteiger partial charge in [0.15, 0.2) is 9.84 Å². The minimum Gasteiger partial charge on any atom is -0.474 e. The second kappa shape index (κ2) is 6.42. The monoisotopic (exact) mass is 346 g/mol. The summed E-state index contributed by atoms with van der Waals surface area (Å²) < 4.78 is 28.8. The summed E-state index contributed by atoms with van der Waals surface area (Å²) in [5.74, 6) is 0.102. The summed E-state index contributed by atoms with van der Waals surface area (Å²) in [7, 11) is -3.09. The van der Waals surface area contributed by atoms with Gasteiger partial charge in [0.25, 0.3) is 5.91 Å². The van der Waals surface area contributed by atoms with Gasteiger partial charge in [0.05, 0.1) is 16.9 Å². The number of halogens is 1. The molecule has 6 nitrogen and oxygen atoms in total. The Bertz CT molecular complexity index is 669. The number of rotatable bonds is 5. The largest absolute Gasteiger partial charge is 0.474 e. The van der Waals surface area contributed by atoms with Crippen molar-refractivity contribution < 1.29 is 17.9 Å². The molecule has 1 aliphatic heterocycles. The third-order valence-electron chi connectivity index (χ3n) is 3.45. The molecule has 0 radical (unpaired) electrons. The lowest BCUT2D eigenvalue weighted by molar-refractivity contribution is 0.0658. The summed E-state index contributed by atoms with van der Waals surface area (Å²) in [6.45, 7) is 5.75. The van der Waals surface area contributed by atoms with Gasteiger partial charge < -0.3 is 9.64 Å². The molecule has 22 heavy (non-hydrogen) atoms. The SMILES string of the molecule is CCS(=O)(=O)C1CN(C(=O)c2cnc(OC(C)C)c(Cl)c2)C1. The Kier molecular flexibility index (Phi) is 4.97. The number of pyridine rings is 1. The van der Waals surface area contributed by atoms with Gasteiger partial charge in [-0.05, 0) is 19.9 Å². The summed E-state index contributed by atoms with van der Waals surface area (Å²) >= 11 is 6.05. The summed E-state index contributed by atoms with van der Waals surface area (Å²) in [5.41, 5.74) is 0.327. The normalized spacial score (nSPS) is 15.8. The fourth-order valence-electron chi connectivity index (χ4n) is 2.10. The molecule has 1 aliphatic rings. The maximum Gasteiger partial charge on any atom is 0.255 e. The average Bonchev–Trinajstić information content (AvgIpc) is 2.38. The lowest BCUT2D eigenvalue weighted by Crippen LogP contribution is -2.57. The van der Waals surface area contributed by atoms with Crippen LogP contribution in [0.3, 0.4) is 0 Å². The Balaban J connectivity index is 2.05. The average molecular weight is 347 g/mol. The molecule has 1 amide bonds. The van der Waals surface area contributed by atoms with Gasteiger partial charge in [-0.3, -0.25) is 4.79 Å². The van der Waals surface area contributed by atoms with Gasteiger partial charge in [-0.15, -0.1) is 0 Å². The fourth-order valence-corrected chi connectivity index (χ4v) is 3.60. The van der Waals surface area contributed by atoms with Crippen LogP contribution in [-0.4, -0.2) is 54.4 Å². The molecule has 0 spiro atoms. The van der Waals surface area contributed by atoms with Crippen molar-refractivity contribution in [2.24, 2.45) is 0 Å². The van der Waals surface area contributed by atoms with Crippen molar-refractivity contribution in [2.45, 2.75) is 32.1 Å². The van der Waals surface area contributed by atoms with Crippen molar-refractivity contribution in [3.8, 4) is 5.88 Å². The van der Waals surface area contributed by atoms with Crippen LogP contribution in [0, 0.1) is 0 Å². The van der Waals surface area contributed by atoms with E-state index in [-0.39, 0.29) is 41.8 Å². The number of hydrogen-bond acceptors (Lipinski definition) is 5. The number of hydrogen-bond donors (Lipinski definition) is 0. The molecule has 8 heteroatoms. The highest BCUT2D eigenvalue weighted by Crippen LogP contribution is 2.26. The molecule has 1 fully saturated rings. The van der Waals surface area contributed by atoms with Crippen molar-refractivity contribution in [1.82, 2.24) is 9.88 Å². The van der Waals surface area contributed by atoms with Crippen LogP contribution in [-0.2, 0) is 9.84 Å². The molecule has 1 aromatic heterocycles. The molecule has 0 aromatic carbocycles. The molecule has 0 bridgehead atoms. The molecule has 1 saturated heterocycles. The number of nitrogens with zero attached hydrogens (tertiary/aromatic N) is 2. The highest BCUT2D eigenvalue weighted by Gasteiger charge is 2.39. The molecule has 122 valence electrons. The Morgan fingerprint density at radius 1 is 1.50 bits per heavy atom. The van der Waals surface area contributed by atoms with Crippen molar-refractivity contribution in [3.05, 3.63) is 22.8 Å². The van der Waals surface area contributed by atoms with E-state index in [4.69, 9.17) is 16.3 Å². The first-order chi connectivity index (χ1) is 10.2. The van der Waals surface area contributed by atoms with Crippen LogP contribution in [0.4, 0.5) is 0 Å². The Hall–Kier alpha value is -1.34. The number of likely N-dealkylation sites (tertiary alicyclic amines) is 1. The standard InChI is InChI=1S/C14H19ClN2O4S/c1-4-22(19,20)11-7-17(8-11)14(18)10-5-12(15)13(16-6-10)21-9(2)3/h5-6,9,11H,4,7-8H2,1-3H3. The maximum atomic E-state index is 12.3. The lowest BCUT2D eigenvalue weighted by Gasteiger charge is -2.38. The Morgan fingerprint density at radius 2 is 2.14 bits per heavy atom. The van der Waals surface area contributed by atoms with Gasteiger partial charge in [-0.25, -0.2) is 13.4 Å². The molecule has 2 rings (SSSR count). The third-order valence-corrected chi connectivity index (χ3v) is 5.84. The second-order valence-corrected chi connectivity index (χ2v) is 8.44. The minimum absolute atomic E-state index is 0.0676. The van der Waals surface area contributed by atoms with E-state index in [2.05, 4.69) is 4.98 Å². The van der Waals surface area contributed by atoms with Gasteiger partial charge in [0.2, 0.25) is 5.88 Å². The van der Waals surface area contributed by atoms with Gasteiger partial charge in [-0.2, -0.15) is 0 Å². The zero-order valence-corrected chi connectivity index (χ0v) is 14.3. The number of sulfone groups is 1. The molecule has 0 saturated carbocycles. The van der Waals surface area contributed by atoms with Gasteiger partial charge in [0, 0.05) is 25.0 Å². The van der Waals surface area contributed by atoms with Crippen LogP contribution in [0.2, 0.25) is 5.02 Å². The van der Waals surface area contributed by atoms with Gasteiger partial charge in [0.1, 0.15) is 5.02 Å². The molecule has 0 aliphatic carbocycles. The summed E-state index contributed by atoms with van der Waals surface area (Å²) in [4.78, 5) is 17.8. The third kappa shape index (κ3) is 3.52. The van der Waals surface area contributed by atoms with Crippen molar-refractivity contribution in [1.29, 1.82) is 0 Å². The Labute approximate surface area is 135 Å².